The molecule has 0 amide bonds. The molecule has 104 valence electrons. The molecule has 0 spiro atoms. The van der Waals surface area contributed by atoms with Crippen LogP contribution in [0.3, 0.4) is 0 Å². The molecule has 1 N–H and O–H groups in total. The molecule has 3 rings (SSSR count). The summed E-state index contributed by atoms with van der Waals surface area (Å²) >= 11 is 0. The molecule has 0 unspecified atom stereocenters. The van der Waals surface area contributed by atoms with Crippen LogP contribution in [0, 0.1) is 5.92 Å². The van der Waals surface area contributed by atoms with E-state index in [2.05, 4.69) is 21.8 Å². The second-order valence-corrected chi connectivity index (χ2v) is 5.22. The number of fused-ring (bicyclic) bond motifs is 1. The summed E-state index contributed by atoms with van der Waals surface area (Å²) in [6.07, 6.45) is 4.10. The molecule has 1 fully saturated rings. The number of benzene rings is 1. The Balaban J connectivity index is 2.03. The van der Waals surface area contributed by atoms with E-state index in [-0.39, 0.29) is 5.56 Å². The van der Waals surface area contributed by atoms with E-state index in [9.17, 15) is 4.79 Å². The second kappa shape index (κ2) is 5.07. The zero-order chi connectivity index (χ0) is 14.1. The van der Waals surface area contributed by atoms with E-state index in [0.29, 0.717) is 5.52 Å². The van der Waals surface area contributed by atoms with Gasteiger partial charge >= 0.3 is 5.97 Å². The van der Waals surface area contributed by atoms with Crippen LogP contribution in [0.15, 0.2) is 24.5 Å². The first kappa shape index (κ1) is 12.8. The fraction of sp³-hybridized carbons (Fsp3) is 0.400. The van der Waals surface area contributed by atoms with Crippen molar-refractivity contribution in [2.75, 3.05) is 18.0 Å². The highest BCUT2D eigenvalue weighted by Gasteiger charge is 2.25. The lowest BCUT2D eigenvalue weighted by atomic mass is 10.1. The van der Waals surface area contributed by atoms with Gasteiger partial charge in [0.05, 0.1) is 11.1 Å². The first-order valence-corrected chi connectivity index (χ1v) is 6.92. The molecular formula is C15H17N3O2. The molecule has 1 aromatic carbocycles. The van der Waals surface area contributed by atoms with Gasteiger partial charge in [-0.25, -0.2) is 14.8 Å². The minimum atomic E-state index is -0.933. The first-order valence-electron chi connectivity index (χ1n) is 6.92. The molecule has 1 saturated carbocycles. The standard InChI is InChI=1S/C15H17N3O2/c1-2-18(8-10-3-4-10)14-12-6-5-11(15(19)20)7-13(12)16-9-17-14/h5-7,9-10H,2-4,8H2,1H3,(H,19,20). The van der Waals surface area contributed by atoms with Crippen LogP contribution in [0.5, 0.6) is 0 Å². The summed E-state index contributed by atoms with van der Waals surface area (Å²) < 4.78 is 0. The van der Waals surface area contributed by atoms with Crippen LogP contribution in [-0.4, -0.2) is 34.1 Å². The number of aromatic carboxylic acids is 1. The van der Waals surface area contributed by atoms with Gasteiger partial charge in [-0.2, -0.15) is 0 Å². The summed E-state index contributed by atoms with van der Waals surface area (Å²) in [5, 5.41) is 9.96. The third-order valence-electron chi connectivity index (χ3n) is 3.72. The number of carbonyl (C=O) groups is 1. The number of aromatic nitrogens is 2. The number of hydrogen-bond donors (Lipinski definition) is 1. The van der Waals surface area contributed by atoms with Crippen molar-refractivity contribution in [2.45, 2.75) is 19.8 Å². The van der Waals surface area contributed by atoms with Crippen molar-refractivity contribution in [3.05, 3.63) is 30.1 Å². The number of anilines is 1. The predicted molar refractivity (Wildman–Crippen MR) is 77.1 cm³/mol. The Morgan fingerprint density at radius 3 is 2.85 bits per heavy atom. The van der Waals surface area contributed by atoms with Gasteiger partial charge in [-0.15, -0.1) is 0 Å². The Morgan fingerprint density at radius 1 is 1.40 bits per heavy atom. The van der Waals surface area contributed by atoms with Gasteiger partial charge < -0.3 is 10.0 Å². The van der Waals surface area contributed by atoms with Crippen LogP contribution >= 0.6 is 0 Å². The molecule has 0 atom stereocenters. The number of rotatable bonds is 5. The molecule has 1 aliphatic carbocycles. The highest BCUT2D eigenvalue weighted by molar-refractivity contribution is 5.96. The topological polar surface area (TPSA) is 66.3 Å². The Morgan fingerprint density at radius 2 is 2.20 bits per heavy atom. The van der Waals surface area contributed by atoms with Crippen LogP contribution in [0.2, 0.25) is 0 Å². The summed E-state index contributed by atoms with van der Waals surface area (Å²) in [7, 11) is 0. The summed E-state index contributed by atoms with van der Waals surface area (Å²) in [5.74, 6) is 0.747. The average molecular weight is 271 g/mol. The molecular weight excluding hydrogens is 254 g/mol. The third-order valence-corrected chi connectivity index (χ3v) is 3.72. The van der Waals surface area contributed by atoms with Gasteiger partial charge in [0.1, 0.15) is 12.1 Å². The van der Waals surface area contributed by atoms with Crippen LogP contribution in [-0.2, 0) is 0 Å². The Hall–Kier alpha value is -2.17. The highest BCUT2D eigenvalue weighted by atomic mass is 16.4. The van der Waals surface area contributed by atoms with Crippen LogP contribution in [0.4, 0.5) is 5.82 Å². The molecule has 1 aromatic heterocycles. The molecule has 2 aromatic rings. The SMILES string of the molecule is CCN(CC1CC1)c1ncnc2cc(C(=O)O)ccc12. The van der Waals surface area contributed by atoms with Crippen molar-refractivity contribution >= 4 is 22.7 Å². The highest BCUT2D eigenvalue weighted by Crippen LogP contribution is 2.32. The summed E-state index contributed by atoms with van der Waals surface area (Å²) in [6, 6.07) is 5.03. The molecule has 1 heterocycles. The molecule has 5 heteroatoms. The molecule has 5 nitrogen and oxygen atoms in total. The van der Waals surface area contributed by atoms with Gasteiger partial charge in [-0.3, -0.25) is 0 Å². The molecule has 20 heavy (non-hydrogen) atoms. The van der Waals surface area contributed by atoms with Gasteiger partial charge in [-0.1, -0.05) is 0 Å². The second-order valence-electron chi connectivity index (χ2n) is 5.22. The van der Waals surface area contributed by atoms with Gasteiger partial charge in [0.2, 0.25) is 0 Å². The van der Waals surface area contributed by atoms with Crippen LogP contribution in [0.25, 0.3) is 10.9 Å². The number of carboxylic acids is 1. The quantitative estimate of drug-likeness (QED) is 0.905. The van der Waals surface area contributed by atoms with E-state index in [0.717, 1.165) is 30.2 Å². The molecule has 0 saturated heterocycles. The van der Waals surface area contributed by atoms with Crippen molar-refractivity contribution in [3.8, 4) is 0 Å². The Bertz CT molecular complexity index is 653. The van der Waals surface area contributed by atoms with Gasteiger partial charge in [0, 0.05) is 18.5 Å². The first-order chi connectivity index (χ1) is 9.69. The maximum Gasteiger partial charge on any atom is 0.335 e. The van der Waals surface area contributed by atoms with Crippen LogP contribution < -0.4 is 4.90 Å². The van der Waals surface area contributed by atoms with Gasteiger partial charge in [0.25, 0.3) is 0 Å². The summed E-state index contributed by atoms with van der Waals surface area (Å²) in [5.41, 5.74) is 0.941. The number of carboxylic acid groups (broad SMARTS) is 1. The smallest absolute Gasteiger partial charge is 0.335 e. The number of hydrogen-bond acceptors (Lipinski definition) is 4. The molecule has 0 aliphatic heterocycles. The normalized spacial score (nSPS) is 14.4. The fourth-order valence-electron chi connectivity index (χ4n) is 2.41. The lowest BCUT2D eigenvalue weighted by molar-refractivity contribution is 0.0697. The number of nitrogens with zero attached hydrogens (tertiary/aromatic N) is 3. The van der Waals surface area contributed by atoms with Gasteiger partial charge in [0.15, 0.2) is 0 Å². The molecule has 0 radical (unpaired) electrons. The zero-order valence-corrected chi connectivity index (χ0v) is 11.4. The van der Waals surface area contributed by atoms with Crippen molar-refractivity contribution in [3.63, 3.8) is 0 Å². The van der Waals surface area contributed by atoms with Crippen molar-refractivity contribution < 1.29 is 9.90 Å². The van der Waals surface area contributed by atoms with E-state index in [4.69, 9.17) is 5.11 Å². The molecule has 0 bridgehead atoms. The maximum atomic E-state index is 11.0. The van der Waals surface area contributed by atoms with Crippen molar-refractivity contribution in [1.82, 2.24) is 9.97 Å². The van der Waals surface area contributed by atoms with E-state index >= 15 is 0 Å². The molecule has 1 aliphatic rings. The summed E-state index contributed by atoms with van der Waals surface area (Å²) in [6.45, 7) is 4.02. The monoisotopic (exact) mass is 271 g/mol. The van der Waals surface area contributed by atoms with E-state index in [1.165, 1.54) is 19.2 Å². The Labute approximate surface area is 117 Å². The predicted octanol–water partition coefficient (Wildman–Crippen LogP) is 2.56. The minimum absolute atomic E-state index is 0.257. The summed E-state index contributed by atoms with van der Waals surface area (Å²) in [4.78, 5) is 21.9. The zero-order valence-electron chi connectivity index (χ0n) is 11.4. The average Bonchev–Trinajstić information content (AvgIpc) is 3.27. The van der Waals surface area contributed by atoms with Crippen molar-refractivity contribution in [1.29, 1.82) is 0 Å². The lowest BCUT2D eigenvalue weighted by Crippen LogP contribution is -2.26. The third kappa shape index (κ3) is 2.43. The Kier molecular flexibility index (Phi) is 3.26. The lowest BCUT2D eigenvalue weighted by Gasteiger charge is -2.23. The van der Waals surface area contributed by atoms with Crippen molar-refractivity contribution in [2.24, 2.45) is 5.92 Å². The fourth-order valence-corrected chi connectivity index (χ4v) is 2.41. The minimum Gasteiger partial charge on any atom is -0.478 e. The maximum absolute atomic E-state index is 11.0. The van der Waals surface area contributed by atoms with E-state index in [1.807, 2.05) is 6.07 Å². The van der Waals surface area contributed by atoms with E-state index in [1.54, 1.807) is 12.1 Å². The van der Waals surface area contributed by atoms with Crippen LogP contribution in [0.1, 0.15) is 30.1 Å². The van der Waals surface area contributed by atoms with Gasteiger partial charge in [-0.05, 0) is 43.9 Å². The largest absolute Gasteiger partial charge is 0.478 e. The van der Waals surface area contributed by atoms with E-state index < -0.39 is 5.97 Å².